The maximum atomic E-state index is 12.8. The second-order valence-electron chi connectivity index (χ2n) is 5.05. The van der Waals surface area contributed by atoms with Crippen LogP contribution >= 0.6 is 0 Å². The minimum Gasteiger partial charge on any atom is -0.387 e. The summed E-state index contributed by atoms with van der Waals surface area (Å²) in [6.45, 7) is 2.20. The third-order valence-corrected chi connectivity index (χ3v) is 3.51. The Kier molecular flexibility index (Phi) is 5.76. The molecule has 1 aromatic rings. The summed E-state index contributed by atoms with van der Waals surface area (Å²) in [7, 11) is 0. The van der Waals surface area contributed by atoms with Crippen molar-refractivity contribution in [1.29, 1.82) is 0 Å². The third kappa shape index (κ3) is 4.90. The lowest BCUT2D eigenvalue weighted by Gasteiger charge is -2.22. The summed E-state index contributed by atoms with van der Waals surface area (Å²) >= 11 is 0. The van der Waals surface area contributed by atoms with Gasteiger partial charge in [0.05, 0.1) is 12.2 Å². The van der Waals surface area contributed by atoms with Gasteiger partial charge in [-0.1, -0.05) is 12.1 Å². The van der Waals surface area contributed by atoms with Gasteiger partial charge in [-0.3, -0.25) is 0 Å². The molecule has 106 valence electrons. The molecule has 0 radical (unpaired) electrons. The fourth-order valence-corrected chi connectivity index (χ4v) is 2.34. The predicted molar refractivity (Wildman–Crippen MR) is 72.4 cm³/mol. The largest absolute Gasteiger partial charge is 0.387 e. The highest BCUT2D eigenvalue weighted by atomic mass is 19.1. The number of aliphatic hydroxyl groups is 1. The molecule has 0 saturated carbocycles. The van der Waals surface area contributed by atoms with Crippen LogP contribution < -0.4 is 5.32 Å². The zero-order valence-electron chi connectivity index (χ0n) is 11.1. The van der Waals surface area contributed by atoms with Crippen molar-refractivity contribution in [1.82, 2.24) is 5.32 Å². The zero-order valence-corrected chi connectivity index (χ0v) is 11.1. The summed E-state index contributed by atoms with van der Waals surface area (Å²) in [6, 6.07) is 5.97. The molecule has 2 atom stereocenters. The van der Waals surface area contributed by atoms with E-state index in [0.717, 1.165) is 31.6 Å². The number of benzene rings is 1. The molecule has 3 nitrogen and oxygen atoms in total. The van der Waals surface area contributed by atoms with Crippen LogP contribution in [0.1, 0.15) is 37.4 Å². The number of halogens is 1. The van der Waals surface area contributed by atoms with Crippen molar-refractivity contribution >= 4 is 0 Å². The van der Waals surface area contributed by atoms with Crippen LogP contribution in [-0.4, -0.2) is 30.9 Å². The maximum Gasteiger partial charge on any atom is 0.123 e. The van der Waals surface area contributed by atoms with E-state index in [9.17, 15) is 9.50 Å². The molecular weight excluding hydrogens is 245 g/mol. The van der Waals surface area contributed by atoms with Crippen molar-refractivity contribution in [2.75, 3.05) is 19.7 Å². The highest BCUT2D eigenvalue weighted by molar-refractivity contribution is 5.18. The van der Waals surface area contributed by atoms with Crippen LogP contribution in [0, 0.1) is 5.82 Å². The Bertz CT molecular complexity index is 363. The first-order chi connectivity index (χ1) is 9.25. The lowest BCUT2D eigenvalue weighted by Crippen LogP contribution is -2.28. The fraction of sp³-hybridized carbons (Fsp3) is 0.600. The van der Waals surface area contributed by atoms with E-state index >= 15 is 0 Å². The van der Waals surface area contributed by atoms with E-state index in [1.165, 1.54) is 25.0 Å². The van der Waals surface area contributed by atoms with Gasteiger partial charge in [-0.25, -0.2) is 4.39 Å². The molecule has 0 aromatic heterocycles. The summed E-state index contributed by atoms with van der Waals surface area (Å²) in [5.74, 6) is -0.279. The van der Waals surface area contributed by atoms with E-state index < -0.39 is 6.10 Å². The van der Waals surface area contributed by atoms with Crippen molar-refractivity contribution in [2.45, 2.75) is 37.9 Å². The first kappa shape index (κ1) is 14.4. The Morgan fingerprint density at radius 1 is 1.32 bits per heavy atom. The molecule has 2 unspecified atom stereocenters. The SMILES string of the molecule is OC(CNCCC1CCCCO1)c1ccc(F)cc1. The van der Waals surface area contributed by atoms with Crippen LogP contribution in [0.5, 0.6) is 0 Å². The minimum absolute atomic E-state index is 0.279. The number of hydrogen-bond acceptors (Lipinski definition) is 3. The van der Waals surface area contributed by atoms with Crippen LogP contribution in [0.4, 0.5) is 4.39 Å². The highest BCUT2D eigenvalue weighted by Gasteiger charge is 2.13. The van der Waals surface area contributed by atoms with Crippen molar-refractivity contribution in [3.05, 3.63) is 35.6 Å². The van der Waals surface area contributed by atoms with Crippen molar-refractivity contribution in [2.24, 2.45) is 0 Å². The molecule has 1 aromatic carbocycles. The summed E-state index contributed by atoms with van der Waals surface area (Å²) in [6.07, 6.45) is 4.33. The molecule has 2 N–H and O–H groups in total. The van der Waals surface area contributed by atoms with Crippen molar-refractivity contribution in [3.63, 3.8) is 0 Å². The average molecular weight is 267 g/mol. The minimum atomic E-state index is -0.590. The van der Waals surface area contributed by atoms with Crippen LogP contribution in [0.3, 0.4) is 0 Å². The second kappa shape index (κ2) is 7.58. The van der Waals surface area contributed by atoms with Crippen LogP contribution in [-0.2, 0) is 4.74 Å². The van der Waals surface area contributed by atoms with E-state index in [1.54, 1.807) is 12.1 Å². The van der Waals surface area contributed by atoms with Crippen LogP contribution in [0.2, 0.25) is 0 Å². The normalized spacial score (nSPS) is 21.3. The second-order valence-corrected chi connectivity index (χ2v) is 5.05. The smallest absolute Gasteiger partial charge is 0.123 e. The average Bonchev–Trinajstić information content (AvgIpc) is 2.45. The van der Waals surface area contributed by atoms with Gasteiger partial charge < -0.3 is 15.2 Å². The molecule has 2 rings (SSSR count). The molecule has 1 heterocycles. The molecule has 0 bridgehead atoms. The maximum absolute atomic E-state index is 12.8. The van der Waals surface area contributed by atoms with Gasteiger partial charge in [-0.15, -0.1) is 0 Å². The van der Waals surface area contributed by atoms with Gasteiger partial charge in [0.2, 0.25) is 0 Å². The van der Waals surface area contributed by atoms with Gasteiger partial charge in [0, 0.05) is 13.2 Å². The molecule has 1 saturated heterocycles. The molecule has 1 aliphatic rings. The van der Waals surface area contributed by atoms with Gasteiger partial charge in [0.25, 0.3) is 0 Å². The first-order valence-electron chi connectivity index (χ1n) is 7.01. The molecule has 4 heteroatoms. The number of ether oxygens (including phenoxy) is 1. The van der Waals surface area contributed by atoms with E-state index in [2.05, 4.69) is 5.32 Å². The Morgan fingerprint density at radius 3 is 2.79 bits per heavy atom. The van der Waals surface area contributed by atoms with Gasteiger partial charge >= 0.3 is 0 Å². The van der Waals surface area contributed by atoms with Crippen LogP contribution in [0.25, 0.3) is 0 Å². The van der Waals surface area contributed by atoms with Gasteiger partial charge in [0.1, 0.15) is 5.82 Å². The highest BCUT2D eigenvalue weighted by Crippen LogP contribution is 2.15. The number of hydrogen-bond donors (Lipinski definition) is 2. The van der Waals surface area contributed by atoms with E-state index in [4.69, 9.17) is 4.74 Å². The lowest BCUT2D eigenvalue weighted by molar-refractivity contribution is 0.0111. The summed E-state index contributed by atoms with van der Waals surface area (Å²) < 4.78 is 18.4. The molecule has 19 heavy (non-hydrogen) atoms. The molecule has 1 aliphatic heterocycles. The molecule has 1 fully saturated rings. The topological polar surface area (TPSA) is 41.5 Å². The molecule has 0 amide bonds. The summed E-state index contributed by atoms with van der Waals surface area (Å²) in [4.78, 5) is 0. The Balaban J connectivity index is 1.63. The van der Waals surface area contributed by atoms with E-state index in [0.29, 0.717) is 12.6 Å². The van der Waals surface area contributed by atoms with Crippen molar-refractivity contribution < 1.29 is 14.2 Å². The van der Waals surface area contributed by atoms with E-state index in [1.807, 2.05) is 0 Å². The monoisotopic (exact) mass is 267 g/mol. The van der Waals surface area contributed by atoms with Gasteiger partial charge in [0.15, 0.2) is 0 Å². The fourth-order valence-electron chi connectivity index (χ4n) is 2.34. The van der Waals surface area contributed by atoms with Gasteiger partial charge in [-0.2, -0.15) is 0 Å². The predicted octanol–water partition coefficient (Wildman–Crippen LogP) is 2.41. The lowest BCUT2D eigenvalue weighted by atomic mass is 10.1. The molecule has 0 spiro atoms. The summed E-state index contributed by atoms with van der Waals surface area (Å²) in [5, 5.41) is 13.2. The number of aliphatic hydroxyl groups excluding tert-OH is 1. The van der Waals surface area contributed by atoms with E-state index in [-0.39, 0.29) is 5.82 Å². The number of rotatable bonds is 6. The third-order valence-electron chi connectivity index (χ3n) is 3.51. The van der Waals surface area contributed by atoms with Crippen molar-refractivity contribution in [3.8, 4) is 0 Å². The standard InChI is InChI=1S/C15H22FNO2/c16-13-6-4-12(5-7-13)15(18)11-17-9-8-14-3-1-2-10-19-14/h4-7,14-15,17-18H,1-3,8-11H2. The summed E-state index contributed by atoms with van der Waals surface area (Å²) in [5.41, 5.74) is 0.739. The first-order valence-corrected chi connectivity index (χ1v) is 7.01. The molecule has 0 aliphatic carbocycles. The Labute approximate surface area is 113 Å². The quantitative estimate of drug-likeness (QED) is 0.778. The Morgan fingerprint density at radius 2 is 2.11 bits per heavy atom. The van der Waals surface area contributed by atoms with Gasteiger partial charge in [-0.05, 0) is 49.9 Å². The number of nitrogens with one attached hydrogen (secondary N) is 1. The Hall–Kier alpha value is -0.970. The zero-order chi connectivity index (χ0) is 13.5. The molecular formula is C15H22FNO2. The van der Waals surface area contributed by atoms with Crippen LogP contribution in [0.15, 0.2) is 24.3 Å².